The molecule has 1 atom stereocenters. The third-order valence-corrected chi connectivity index (χ3v) is 1.73. The molecule has 50 valence electrons. The Morgan fingerprint density at radius 3 is 2.33 bits per heavy atom. The molecule has 0 aromatic heterocycles. The Morgan fingerprint density at radius 1 is 1.78 bits per heavy atom. The second kappa shape index (κ2) is 3.49. The van der Waals surface area contributed by atoms with Crippen molar-refractivity contribution >= 4 is 7.60 Å². The fourth-order valence-corrected chi connectivity index (χ4v) is 1.18. The van der Waals surface area contributed by atoms with Crippen molar-refractivity contribution in [1.29, 1.82) is 0 Å². The van der Waals surface area contributed by atoms with E-state index in [0.717, 1.165) is 0 Å². The van der Waals surface area contributed by atoms with Crippen LogP contribution in [0.25, 0.3) is 0 Å². The minimum atomic E-state index is -3.78. The quantitative estimate of drug-likeness (QED) is 0.253. The normalized spacial score (nSPS) is 24.9. The van der Waals surface area contributed by atoms with E-state index in [-0.39, 0.29) is 43.2 Å². The predicted octanol–water partition coefficient (Wildman–Crippen LogP) is -3.32. The average Bonchev–Trinajstić information content (AvgIpc) is 2.12. The van der Waals surface area contributed by atoms with Gasteiger partial charge in [-0.25, -0.2) is 0 Å². The minimum absolute atomic E-state index is 0. The second-order valence-corrected chi connectivity index (χ2v) is 3.50. The molecule has 1 fully saturated rings. The molecule has 0 amide bonds. The van der Waals surface area contributed by atoms with Crippen molar-refractivity contribution in [2.24, 2.45) is 0 Å². The van der Waals surface area contributed by atoms with E-state index in [1.165, 1.54) is 0 Å². The number of ether oxygens (including phenoxy) is 1. The molecule has 0 aromatic carbocycles. The molecule has 1 heterocycles. The van der Waals surface area contributed by atoms with Crippen LogP contribution < -0.4 is 29.6 Å². The summed E-state index contributed by atoms with van der Waals surface area (Å²) in [7, 11) is -3.78. The maximum Gasteiger partial charge on any atom is 1.00 e. The molecule has 1 unspecified atom stereocenters. The Balaban J connectivity index is 0. The molecular weight excluding hydrogens is 154 g/mol. The van der Waals surface area contributed by atoms with Crippen LogP contribution in [0.5, 0.6) is 0 Å². The van der Waals surface area contributed by atoms with Crippen LogP contribution in [0.3, 0.4) is 0 Å². The Morgan fingerprint density at radius 2 is 2.22 bits per heavy atom. The molecule has 1 aliphatic heterocycles. The van der Waals surface area contributed by atoms with Gasteiger partial charge in [0.2, 0.25) is 0 Å². The standard InChI is InChI=1S/C3H7O4P.Na.H/c4-8(5,6)2-3-1-7-3;;/h3H,1-2H2,(H2,4,5,6);;/q;+1;-1. The summed E-state index contributed by atoms with van der Waals surface area (Å²) in [5.41, 5.74) is 0. The van der Waals surface area contributed by atoms with Crippen molar-refractivity contribution in [1.82, 2.24) is 0 Å². The third kappa shape index (κ3) is 5.55. The second-order valence-electron chi connectivity index (χ2n) is 1.80. The van der Waals surface area contributed by atoms with Crippen LogP contribution in [0.2, 0.25) is 0 Å². The summed E-state index contributed by atoms with van der Waals surface area (Å²) in [6, 6.07) is 0. The molecule has 4 nitrogen and oxygen atoms in total. The number of hydrogen-bond acceptors (Lipinski definition) is 2. The summed E-state index contributed by atoms with van der Waals surface area (Å²) < 4.78 is 14.7. The van der Waals surface area contributed by atoms with Gasteiger partial charge in [0.05, 0.1) is 18.9 Å². The van der Waals surface area contributed by atoms with Crippen molar-refractivity contribution in [3.8, 4) is 0 Å². The summed E-state index contributed by atoms with van der Waals surface area (Å²) in [6.07, 6.45) is -0.289. The number of epoxide rings is 1. The van der Waals surface area contributed by atoms with Crippen molar-refractivity contribution in [3.63, 3.8) is 0 Å². The molecule has 2 N–H and O–H groups in total. The van der Waals surface area contributed by atoms with Crippen LogP contribution in [0.1, 0.15) is 1.43 Å². The molecular formula is C3H8NaO4P. The van der Waals surface area contributed by atoms with Crippen molar-refractivity contribution in [3.05, 3.63) is 0 Å². The smallest absolute Gasteiger partial charge is 1.00 e. The fourth-order valence-electron chi connectivity index (χ4n) is 0.439. The summed E-state index contributed by atoms with van der Waals surface area (Å²) >= 11 is 0. The number of hydrogen-bond donors (Lipinski definition) is 2. The maximum absolute atomic E-state index is 10.1. The Hall–Kier alpha value is 1.11. The first-order valence-electron chi connectivity index (χ1n) is 2.24. The zero-order chi connectivity index (χ0) is 6.20. The van der Waals surface area contributed by atoms with E-state index in [1.807, 2.05) is 0 Å². The zero-order valence-electron chi connectivity index (χ0n) is 6.15. The first kappa shape index (κ1) is 10.1. The number of rotatable bonds is 2. The molecule has 0 bridgehead atoms. The van der Waals surface area contributed by atoms with Crippen LogP contribution in [0, 0.1) is 0 Å². The van der Waals surface area contributed by atoms with Crippen LogP contribution in [-0.4, -0.2) is 28.7 Å². The maximum atomic E-state index is 10.1. The predicted molar refractivity (Wildman–Crippen MR) is 27.8 cm³/mol. The monoisotopic (exact) mass is 162 g/mol. The van der Waals surface area contributed by atoms with Crippen LogP contribution >= 0.6 is 7.60 Å². The molecule has 0 aromatic rings. The van der Waals surface area contributed by atoms with Gasteiger partial charge in [-0.15, -0.1) is 0 Å². The van der Waals surface area contributed by atoms with E-state index in [9.17, 15) is 4.57 Å². The van der Waals surface area contributed by atoms with Gasteiger partial charge in [0.1, 0.15) is 0 Å². The van der Waals surface area contributed by atoms with E-state index in [4.69, 9.17) is 9.79 Å². The van der Waals surface area contributed by atoms with E-state index >= 15 is 0 Å². The molecule has 1 aliphatic rings. The van der Waals surface area contributed by atoms with Crippen molar-refractivity contribution in [2.75, 3.05) is 12.8 Å². The molecule has 9 heavy (non-hydrogen) atoms. The van der Waals surface area contributed by atoms with Gasteiger partial charge in [0, 0.05) is 0 Å². The Bertz CT molecular complexity index is 132. The van der Waals surface area contributed by atoms with Crippen LogP contribution in [0.15, 0.2) is 0 Å². The summed E-state index contributed by atoms with van der Waals surface area (Å²) in [4.78, 5) is 16.5. The summed E-state index contributed by atoms with van der Waals surface area (Å²) in [5.74, 6) is 0. The molecule has 1 rings (SSSR count). The van der Waals surface area contributed by atoms with Gasteiger partial charge >= 0.3 is 37.2 Å². The van der Waals surface area contributed by atoms with Gasteiger partial charge in [0.25, 0.3) is 0 Å². The van der Waals surface area contributed by atoms with Crippen molar-refractivity contribution in [2.45, 2.75) is 6.10 Å². The molecule has 0 aliphatic carbocycles. The van der Waals surface area contributed by atoms with Gasteiger partial charge in [0.15, 0.2) is 0 Å². The summed E-state index contributed by atoms with van der Waals surface area (Å²) in [6.45, 7) is 0.505. The van der Waals surface area contributed by atoms with Gasteiger partial charge in [-0.1, -0.05) is 0 Å². The third-order valence-electron chi connectivity index (χ3n) is 0.844. The minimum Gasteiger partial charge on any atom is -1.00 e. The Kier molecular flexibility index (Phi) is 3.92. The van der Waals surface area contributed by atoms with Crippen LogP contribution in [0.4, 0.5) is 0 Å². The largest absolute Gasteiger partial charge is 1.00 e. The van der Waals surface area contributed by atoms with E-state index in [0.29, 0.717) is 6.61 Å². The van der Waals surface area contributed by atoms with Gasteiger partial charge in [-0.05, 0) is 0 Å². The zero-order valence-corrected chi connectivity index (χ0v) is 8.04. The van der Waals surface area contributed by atoms with Crippen LogP contribution in [-0.2, 0) is 9.30 Å². The van der Waals surface area contributed by atoms with Gasteiger partial charge in [-0.2, -0.15) is 0 Å². The topological polar surface area (TPSA) is 70.1 Å². The molecule has 0 radical (unpaired) electrons. The summed E-state index contributed by atoms with van der Waals surface area (Å²) in [5, 5.41) is 0. The first-order valence-corrected chi connectivity index (χ1v) is 4.04. The van der Waals surface area contributed by atoms with E-state index in [2.05, 4.69) is 4.74 Å². The molecule has 0 saturated carbocycles. The first-order chi connectivity index (χ1) is 3.58. The molecule has 0 spiro atoms. The fraction of sp³-hybridized carbons (Fsp3) is 1.00. The SMILES string of the molecule is O=P(O)(O)CC1CO1.[H-].[Na+]. The van der Waals surface area contributed by atoms with Gasteiger partial charge < -0.3 is 16.0 Å². The van der Waals surface area contributed by atoms with Gasteiger partial charge in [-0.3, -0.25) is 4.57 Å². The molecule has 6 heteroatoms. The Labute approximate surface area is 76.5 Å². The van der Waals surface area contributed by atoms with Crippen molar-refractivity contribution < 1.29 is 50.1 Å². The van der Waals surface area contributed by atoms with E-state index in [1.54, 1.807) is 0 Å². The van der Waals surface area contributed by atoms with E-state index < -0.39 is 7.60 Å². The molecule has 1 saturated heterocycles. The average molecular weight is 162 g/mol.